The summed E-state index contributed by atoms with van der Waals surface area (Å²) < 4.78 is 37.3. The van der Waals surface area contributed by atoms with E-state index in [1.54, 1.807) is 0 Å². The van der Waals surface area contributed by atoms with Crippen LogP contribution in [0.4, 0.5) is 19.0 Å². The summed E-state index contributed by atoms with van der Waals surface area (Å²) in [4.78, 5) is 5.57. The smallest absolute Gasteiger partial charge is 0.360 e. The van der Waals surface area contributed by atoms with Gasteiger partial charge in [-0.3, -0.25) is 10.9 Å². The van der Waals surface area contributed by atoms with Crippen molar-refractivity contribution in [1.82, 2.24) is 20.6 Å². The highest BCUT2D eigenvalue weighted by Crippen LogP contribution is 2.32. The third kappa shape index (κ3) is 6.32. The number of rotatable bonds is 5. The Kier molecular flexibility index (Phi) is 6.43. The minimum absolute atomic E-state index is 0.0569. The lowest BCUT2D eigenvalue weighted by molar-refractivity contribution is -0.137. The Morgan fingerprint density at radius 3 is 2.62 bits per heavy atom. The van der Waals surface area contributed by atoms with E-state index in [2.05, 4.69) is 21.2 Å². The van der Waals surface area contributed by atoms with Gasteiger partial charge in [-0.1, -0.05) is 11.6 Å². The molecule has 0 amide bonds. The predicted molar refractivity (Wildman–Crippen MR) is 80.2 cm³/mol. The molecule has 0 radical (unpaired) electrons. The third-order valence-electron chi connectivity index (χ3n) is 2.31. The Balaban J connectivity index is 2.51. The Bertz CT molecular complexity index is 495. The van der Waals surface area contributed by atoms with Crippen LogP contribution in [0.25, 0.3) is 0 Å². The zero-order valence-corrected chi connectivity index (χ0v) is 13.0. The molecule has 0 saturated carbocycles. The summed E-state index contributed by atoms with van der Waals surface area (Å²) >= 11 is 10.7. The zero-order valence-electron chi connectivity index (χ0n) is 11.4. The number of anilines is 1. The molecule has 0 atom stereocenters. The monoisotopic (exact) mass is 341 g/mol. The highest BCUT2D eigenvalue weighted by molar-refractivity contribution is 7.80. The van der Waals surface area contributed by atoms with Gasteiger partial charge in [0.05, 0.1) is 10.6 Å². The van der Waals surface area contributed by atoms with E-state index in [9.17, 15) is 13.2 Å². The van der Waals surface area contributed by atoms with Gasteiger partial charge >= 0.3 is 6.18 Å². The molecule has 1 heterocycles. The number of hydrogen-bond donors (Lipinski definition) is 3. The van der Waals surface area contributed by atoms with E-state index in [0.29, 0.717) is 12.7 Å². The molecule has 0 aromatic carbocycles. The highest BCUT2D eigenvalue weighted by Gasteiger charge is 2.31. The van der Waals surface area contributed by atoms with Crippen molar-refractivity contribution in [3.05, 3.63) is 22.8 Å². The largest absolute Gasteiger partial charge is 0.417 e. The lowest BCUT2D eigenvalue weighted by Crippen LogP contribution is -2.41. The van der Waals surface area contributed by atoms with Gasteiger partial charge in [0.15, 0.2) is 10.9 Å². The van der Waals surface area contributed by atoms with Crippen LogP contribution in [0, 0.1) is 0 Å². The Hall–Kier alpha value is -1.32. The van der Waals surface area contributed by atoms with Crippen molar-refractivity contribution in [2.45, 2.75) is 6.18 Å². The van der Waals surface area contributed by atoms with Gasteiger partial charge < -0.3 is 10.2 Å². The number of hydrogen-bond acceptors (Lipinski definition) is 4. The Morgan fingerprint density at radius 1 is 1.43 bits per heavy atom. The van der Waals surface area contributed by atoms with Crippen LogP contribution in [0.2, 0.25) is 5.02 Å². The predicted octanol–water partition coefficient (Wildman–Crippen LogP) is 2.11. The number of thiocarbonyl (C=S) groups is 1. The first-order chi connectivity index (χ1) is 9.70. The minimum atomic E-state index is -4.48. The lowest BCUT2D eigenvalue weighted by Gasteiger charge is -2.15. The fourth-order valence-corrected chi connectivity index (χ4v) is 1.60. The van der Waals surface area contributed by atoms with Crippen molar-refractivity contribution in [2.24, 2.45) is 0 Å². The van der Waals surface area contributed by atoms with Crippen molar-refractivity contribution in [1.29, 1.82) is 0 Å². The van der Waals surface area contributed by atoms with Crippen LogP contribution in [-0.4, -0.2) is 42.2 Å². The highest BCUT2D eigenvalue weighted by atomic mass is 35.5. The summed E-state index contributed by atoms with van der Waals surface area (Å²) in [5, 5.41) is 3.03. The van der Waals surface area contributed by atoms with Crippen LogP contribution in [0.1, 0.15) is 5.56 Å². The molecule has 5 nitrogen and oxygen atoms in total. The van der Waals surface area contributed by atoms with Crippen LogP contribution < -0.4 is 16.2 Å². The number of nitrogens with zero attached hydrogens (tertiary/aromatic N) is 2. The first-order valence-corrected chi connectivity index (χ1v) is 6.66. The molecule has 118 valence electrons. The van der Waals surface area contributed by atoms with Crippen LogP contribution in [-0.2, 0) is 6.18 Å². The molecule has 0 bridgehead atoms. The second-order valence-corrected chi connectivity index (χ2v) is 5.18. The molecule has 0 unspecified atom stereocenters. The van der Waals surface area contributed by atoms with Gasteiger partial charge in [-0.25, -0.2) is 4.98 Å². The molecule has 1 aromatic heterocycles. The maximum absolute atomic E-state index is 12.4. The van der Waals surface area contributed by atoms with Crippen molar-refractivity contribution >= 4 is 34.7 Å². The molecular weight excluding hydrogens is 327 g/mol. The standard InChI is InChI=1S/C11H15ClF3N5S/c1-20(2)4-3-16-10(21)19-18-9-8(12)5-7(6-17-9)11(13,14)15/h5-6H,3-4H2,1-2H3,(H,17,18)(H2,16,19,21). The average molecular weight is 342 g/mol. The van der Waals surface area contributed by atoms with E-state index >= 15 is 0 Å². The van der Waals surface area contributed by atoms with Gasteiger partial charge in [0.2, 0.25) is 0 Å². The van der Waals surface area contributed by atoms with Crippen LogP contribution in [0.3, 0.4) is 0 Å². The Morgan fingerprint density at radius 2 is 2.10 bits per heavy atom. The minimum Gasteiger partial charge on any atom is -0.360 e. The van der Waals surface area contributed by atoms with Gasteiger partial charge in [-0.05, 0) is 32.4 Å². The van der Waals surface area contributed by atoms with E-state index in [1.165, 1.54) is 0 Å². The van der Waals surface area contributed by atoms with Crippen molar-refractivity contribution in [2.75, 3.05) is 32.6 Å². The fraction of sp³-hybridized carbons (Fsp3) is 0.455. The van der Waals surface area contributed by atoms with E-state index in [0.717, 1.165) is 12.6 Å². The number of pyridine rings is 1. The molecule has 10 heteroatoms. The van der Waals surface area contributed by atoms with Crippen LogP contribution in [0.5, 0.6) is 0 Å². The first kappa shape index (κ1) is 17.7. The maximum atomic E-state index is 12.4. The second-order valence-electron chi connectivity index (χ2n) is 4.36. The number of aromatic nitrogens is 1. The third-order valence-corrected chi connectivity index (χ3v) is 2.84. The summed E-state index contributed by atoms with van der Waals surface area (Å²) in [5.74, 6) is 0.0569. The van der Waals surface area contributed by atoms with E-state index < -0.39 is 11.7 Å². The van der Waals surface area contributed by atoms with Crippen LogP contribution in [0.15, 0.2) is 12.3 Å². The second kappa shape index (κ2) is 7.62. The summed E-state index contributed by atoms with van der Waals surface area (Å²) in [6.45, 7) is 1.40. The van der Waals surface area contributed by atoms with Gasteiger partial charge in [-0.15, -0.1) is 0 Å². The fourth-order valence-electron chi connectivity index (χ4n) is 1.24. The number of likely N-dealkylation sites (N-methyl/N-ethyl adjacent to an activating group) is 1. The molecule has 0 aliphatic carbocycles. The van der Waals surface area contributed by atoms with E-state index in [4.69, 9.17) is 23.8 Å². The normalized spacial score (nSPS) is 11.4. The molecule has 0 aliphatic rings. The Labute approximate surface area is 130 Å². The molecular formula is C11H15ClF3N5S. The van der Waals surface area contributed by atoms with Crippen molar-refractivity contribution < 1.29 is 13.2 Å². The molecule has 1 rings (SSSR count). The lowest BCUT2D eigenvalue weighted by atomic mass is 10.3. The maximum Gasteiger partial charge on any atom is 0.417 e. The summed E-state index contributed by atoms with van der Waals surface area (Å²) in [5.41, 5.74) is 4.23. The molecule has 21 heavy (non-hydrogen) atoms. The van der Waals surface area contributed by atoms with Crippen LogP contribution >= 0.6 is 23.8 Å². The average Bonchev–Trinajstić information content (AvgIpc) is 2.35. The molecule has 0 aliphatic heterocycles. The number of alkyl halides is 3. The van der Waals surface area contributed by atoms with E-state index in [1.807, 2.05) is 19.0 Å². The van der Waals surface area contributed by atoms with Gasteiger partial charge in [0.1, 0.15) is 0 Å². The van der Waals surface area contributed by atoms with Crippen molar-refractivity contribution in [3.8, 4) is 0 Å². The molecule has 0 saturated heterocycles. The van der Waals surface area contributed by atoms with Crippen molar-refractivity contribution in [3.63, 3.8) is 0 Å². The first-order valence-electron chi connectivity index (χ1n) is 5.87. The van der Waals surface area contributed by atoms with E-state index in [-0.39, 0.29) is 16.0 Å². The molecule has 0 spiro atoms. The number of hydrazine groups is 1. The number of nitrogens with one attached hydrogen (secondary N) is 3. The molecule has 1 aromatic rings. The quantitative estimate of drug-likeness (QED) is 0.563. The SMILES string of the molecule is CN(C)CCNC(=S)NNc1ncc(C(F)(F)F)cc1Cl. The topological polar surface area (TPSA) is 52.2 Å². The number of halogens is 4. The summed E-state index contributed by atoms with van der Waals surface area (Å²) in [6.07, 6.45) is -3.79. The molecule has 0 fully saturated rings. The summed E-state index contributed by atoms with van der Waals surface area (Å²) in [7, 11) is 3.84. The van der Waals surface area contributed by atoms with Gasteiger partial charge in [0, 0.05) is 19.3 Å². The van der Waals surface area contributed by atoms with Gasteiger partial charge in [0.25, 0.3) is 0 Å². The summed E-state index contributed by atoms with van der Waals surface area (Å²) in [6, 6.07) is 0.793. The zero-order chi connectivity index (χ0) is 16.0. The van der Waals surface area contributed by atoms with Gasteiger partial charge in [-0.2, -0.15) is 13.2 Å². The molecule has 3 N–H and O–H groups in total.